The van der Waals surface area contributed by atoms with Gasteiger partial charge in [0, 0.05) is 10.5 Å². The maximum Gasteiger partial charge on any atom is 0.0624 e. The summed E-state index contributed by atoms with van der Waals surface area (Å²) in [7, 11) is 1.97. The van der Waals surface area contributed by atoms with E-state index in [1.165, 1.54) is 5.56 Å². The standard InChI is InChI=1S/C16H16BrCl2N/c1-20-14(9-11-4-2-6-13(17)8-11)10-12-5-3-7-15(18)16(12)19/h2-8,14,20H,9-10H2,1H3. The van der Waals surface area contributed by atoms with Crippen molar-refractivity contribution in [2.75, 3.05) is 7.05 Å². The molecule has 0 aliphatic heterocycles. The lowest BCUT2D eigenvalue weighted by atomic mass is 9.99. The van der Waals surface area contributed by atoms with Gasteiger partial charge in [-0.1, -0.05) is 63.4 Å². The molecule has 0 saturated heterocycles. The molecule has 0 aliphatic rings. The summed E-state index contributed by atoms with van der Waals surface area (Å²) in [5.41, 5.74) is 2.37. The van der Waals surface area contributed by atoms with Gasteiger partial charge in [0.05, 0.1) is 10.0 Å². The summed E-state index contributed by atoms with van der Waals surface area (Å²) in [6.45, 7) is 0. The van der Waals surface area contributed by atoms with E-state index in [4.69, 9.17) is 23.2 Å². The van der Waals surface area contributed by atoms with E-state index in [2.05, 4.69) is 39.4 Å². The van der Waals surface area contributed by atoms with Gasteiger partial charge < -0.3 is 5.32 Å². The molecule has 106 valence electrons. The second-order valence-electron chi connectivity index (χ2n) is 4.74. The zero-order valence-electron chi connectivity index (χ0n) is 11.2. The minimum Gasteiger partial charge on any atom is -0.316 e. The van der Waals surface area contributed by atoms with Gasteiger partial charge in [-0.3, -0.25) is 0 Å². The second kappa shape index (κ2) is 7.46. The van der Waals surface area contributed by atoms with Crippen LogP contribution in [0.1, 0.15) is 11.1 Å². The lowest BCUT2D eigenvalue weighted by molar-refractivity contribution is 0.556. The third-order valence-electron chi connectivity index (χ3n) is 3.28. The highest BCUT2D eigenvalue weighted by atomic mass is 79.9. The third kappa shape index (κ3) is 4.23. The van der Waals surface area contributed by atoms with Crippen molar-refractivity contribution < 1.29 is 0 Å². The van der Waals surface area contributed by atoms with Crippen LogP contribution in [0.2, 0.25) is 10.0 Å². The van der Waals surface area contributed by atoms with Crippen LogP contribution in [0.5, 0.6) is 0 Å². The van der Waals surface area contributed by atoms with E-state index in [9.17, 15) is 0 Å². The molecule has 2 aromatic rings. The number of rotatable bonds is 5. The van der Waals surface area contributed by atoms with Crippen LogP contribution in [0.4, 0.5) is 0 Å². The summed E-state index contributed by atoms with van der Waals surface area (Å²) in [6.07, 6.45) is 1.79. The summed E-state index contributed by atoms with van der Waals surface area (Å²) in [6, 6.07) is 14.5. The van der Waals surface area contributed by atoms with Crippen molar-refractivity contribution in [3.8, 4) is 0 Å². The first kappa shape index (κ1) is 15.8. The van der Waals surface area contributed by atoms with Gasteiger partial charge in [-0.05, 0) is 49.2 Å². The van der Waals surface area contributed by atoms with E-state index in [0.717, 1.165) is 22.9 Å². The van der Waals surface area contributed by atoms with Crippen molar-refractivity contribution in [3.05, 3.63) is 68.1 Å². The SMILES string of the molecule is CNC(Cc1cccc(Br)c1)Cc1cccc(Cl)c1Cl. The quantitative estimate of drug-likeness (QED) is 0.767. The zero-order chi connectivity index (χ0) is 14.5. The lowest BCUT2D eigenvalue weighted by Gasteiger charge is -2.17. The Labute approximate surface area is 138 Å². The molecule has 0 saturated carbocycles. The van der Waals surface area contributed by atoms with E-state index in [0.29, 0.717) is 16.1 Å². The largest absolute Gasteiger partial charge is 0.316 e. The Morgan fingerprint density at radius 3 is 2.55 bits per heavy atom. The highest BCUT2D eigenvalue weighted by Crippen LogP contribution is 2.27. The van der Waals surface area contributed by atoms with Crippen molar-refractivity contribution in [1.29, 1.82) is 0 Å². The molecule has 0 spiro atoms. The van der Waals surface area contributed by atoms with Crippen LogP contribution in [-0.2, 0) is 12.8 Å². The average Bonchev–Trinajstić information content (AvgIpc) is 2.43. The van der Waals surface area contributed by atoms with Crippen molar-refractivity contribution in [2.45, 2.75) is 18.9 Å². The molecule has 4 heteroatoms. The molecule has 20 heavy (non-hydrogen) atoms. The normalized spacial score (nSPS) is 12.4. The molecular weight excluding hydrogens is 357 g/mol. The molecular formula is C16H16BrCl2N. The van der Waals surface area contributed by atoms with E-state index in [1.807, 2.05) is 31.3 Å². The molecule has 0 bridgehead atoms. The van der Waals surface area contributed by atoms with Gasteiger partial charge in [0.15, 0.2) is 0 Å². The highest BCUT2D eigenvalue weighted by Gasteiger charge is 2.12. The molecule has 1 N–H and O–H groups in total. The summed E-state index contributed by atoms with van der Waals surface area (Å²) < 4.78 is 1.10. The van der Waals surface area contributed by atoms with Crippen LogP contribution in [0.25, 0.3) is 0 Å². The highest BCUT2D eigenvalue weighted by molar-refractivity contribution is 9.10. The molecule has 2 aromatic carbocycles. The Hall–Kier alpha value is -0.540. The molecule has 0 amide bonds. The second-order valence-corrected chi connectivity index (χ2v) is 6.44. The summed E-state index contributed by atoms with van der Waals surface area (Å²) in [5.74, 6) is 0. The Kier molecular flexibility index (Phi) is 5.91. The number of hydrogen-bond donors (Lipinski definition) is 1. The van der Waals surface area contributed by atoms with E-state index >= 15 is 0 Å². The van der Waals surface area contributed by atoms with Crippen LogP contribution >= 0.6 is 39.1 Å². The van der Waals surface area contributed by atoms with Crippen molar-refractivity contribution in [3.63, 3.8) is 0 Å². The predicted molar refractivity (Wildman–Crippen MR) is 90.9 cm³/mol. The predicted octanol–water partition coefficient (Wildman–Crippen LogP) is 5.13. The minimum atomic E-state index is 0.320. The van der Waals surface area contributed by atoms with Gasteiger partial charge in [-0.15, -0.1) is 0 Å². The summed E-state index contributed by atoms with van der Waals surface area (Å²) in [5, 5.41) is 4.62. The van der Waals surface area contributed by atoms with Crippen LogP contribution in [0.3, 0.4) is 0 Å². The Bertz CT molecular complexity index is 586. The number of benzene rings is 2. The Morgan fingerprint density at radius 2 is 1.85 bits per heavy atom. The number of likely N-dealkylation sites (N-methyl/N-ethyl adjacent to an activating group) is 1. The fraction of sp³-hybridized carbons (Fsp3) is 0.250. The smallest absolute Gasteiger partial charge is 0.0624 e. The van der Waals surface area contributed by atoms with Gasteiger partial charge in [0.25, 0.3) is 0 Å². The lowest BCUT2D eigenvalue weighted by Crippen LogP contribution is -2.30. The first-order valence-corrected chi connectivity index (χ1v) is 7.99. The third-order valence-corrected chi connectivity index (χ3v) is 4.63. The summed E-state index contributed by atoms with van der Waals surface area (Å²) >= 11 is 15.8. The molecule has 1 nitrogen and oxygen atoms in total. The van der Waals surface area contributed by atoms with Gasteiger partial charge in [-0.25, -0.2) is 0 Å². The Balaban J connectivity index is 2.11. The molecule has 0 radical (unpaired) electrons. The van der Waals surface area contributed by atoms with Crippen LogP contribution in [0, 0.1) is 0 Å². The fourth-order valence-corrected chi connectivity index (χ4v) is 3.04. The van der Waals surface area contributed by atoms with E-state index < -0.39 is 0 Å². The van der Waals surface area contributed by atoms with Gasteiger partial charge >= 0.3 is 0 Å². The monoisotopic (exact) mass is 371 g/mol. The fourth-order valence-electron chi connectivity index (χ4n) is 2.20. The number of nitrogens with one attached hydrogen (secondary N) is 1. The van der Waals surface area contributed by atoms with Gasteiger partial charge in [-0.2, -0.15) is 0 Å². The van der Waals surface area contributed by atoms with Crippen LogP contribution in [-0.4, -0.2) is 13.1 Å². The number of hydrogen-bond acceptors (Lipinski definition) is 1. The molecule has 0 fully saturated rings. The molecule has 0 heterocycles. The first-order valence-electron chi connectivity index (χ1n) is 6.44. The molecule has 1 atom stereocenters. The molecule has 0 aliphatic carbocycles. The van der Waals surface area contributed by atoms with Gasteiger partial charge in [0.2, 0.25) is 0 Å². The maximum absolute atomic E-state index is 6.26. The van der Waals surface area contributed by atoms with Crippen LogP contribution < -0.4 is 5.32 Å². The van der Waals surface area contributed by atoms with Crippen molar-refractivity contribution >= 4 is 39.1 Å². The van der Waals surface area contributed by atoms with Gasteiger partial charge in [0.1, 0.15) is 0 Å². The first-order chi connectivity index (χ1) is 9.60. The number of halogens is 3. The zero-order valence-corrected chi connectivity index (χ0v) is 14.3. The molecule has 0 aromatic heterocycles. The minimum absolute atomic E-state index is 0.320. The molecule has 1 unspecified atom stereocenters. The van der Waals surface area contributed by atoms with Crippen LogP contribution in [0.15, 0.2) is 46.9 Å². The summed E-state index contributed by atoms with van der Waals surface area (Å²) in [4.78, 5) is 0. The topological polar surface area (TPSA) is 12.0 Å². The van der Waals surface area contributed by atoms with E-state index in [1.54, 1.807) is 0 Å². The maximum atomic E-state index is 6.26. The Morgan fingerprint density at radius 1 is 1.10 bits per heavy atom. The van der Waals surface area contributed by atoms with E-state index in [-0.39, 0.29) is 0 Å². The molecule has 2 rings (SSSR count). The van der Waals surface area contributed by atoms with Crippen molar-refractivity contribution in [2.24, 2.45) is 0 Å². The average molecular weight is 373 g/mol. The van der Waals surface area contributed by atoms with Crippen molar-refractivity contribution in [1.82, 2.24) is 5.32 Å².